The van der Waals surface area contributed by atoms with Crippen molar-refractivity contribution in [2.24, 2.45) is 5.73 Å². The predicted octanol–water partition coefficient (Wildman–Crippen LogP) is 2.40. The summed E-state index contributed by atoms with van der Waals surface area (Å²) in [5.74, 6) is 0. The lowest BCUT2D eigenvalue weighted by molar-refractivity contribution is 0.152. The summed E-state index contributed by atoms with van der Waals surface area (Å²) in [6.07, 6.45) is 3.63. The van der Waals surface area contributed by atoms with Crippen LogP contribution in [0.1, 0.15) is 24.1 Å². The van der Waals surface area contributed by atoms with Crippen LogP contribution in [0.15, 0.2) is 12.1 Å². The van der Waals surface area contributed by atoms with Gasteiger partial charge in [-0.25, -0.2) is 0 Å². The number of thiophene rings is 1. The molecule has 5 heteroatoms. The molecule has 2 N–H and O–H groups in total. The van der Waals surface area contributed by atoms with E-state index in [4.69, 9.17) is 17.3 Å². The maximum atomic E-state index is 5.99. The average molecular weight is 300 g/mol. The van der Waals surface area contributed by atoms with Crippen LogP contribution in [-0.4, -0.2) is 48.1 Å². The molecule has 106 valence electrons. The Balaban J connectivity index is 1.50. The Morgan fingerprint density at radius 1 is 1.21 bits per heavy atom. The summed E-state index contributed by atoms with van der Waals surface area (Å²) in [6, 6.07) is 5.33. The highest BCUT2D eigenvalue weighted by Gasteiger charge is 2.29. The van der Waals surface area contributed by atoms with Gasteiger partial charge in [-0.1, -0.05) is 11.6 Å². The van der Waals surface area contributed by atoms with Gasteiger partial charge < -0.3 is 5.73 Å². The summed E-state index contributed by atoms with van der Waals surface area (Å²) >= 11 is 7.70. The topological polar surface area (TPSA) is 32.5 Å². The van der Waals surface area contributed by atoms with E-state index < -0.39 is 0 Å². The van der Waals surface area contributed by atoms with Gasteiger partial charge in [0.2, 0.25) is 0 Å². The van der Waals surface area contributed by atoms with Crippen molar-refractivity contribution in [1.82, 2.24) is 9.80 Å². The highest BCUT2D eigenvalue weighted by atomic mass is 35.5. The van der Waals surface area contributed by atoms with E-state index in [2.05, 4.69) is 15.9 Å². The van der Waals surface area contributed by atoms with Gasteiger partial charge in [0.15, 0.2) is 0 Å². The quantitative estimate of drug-likeness (QED) is 0.930. The predicted molar refractivity (Wildman–Crippen MR) is 81.8 cm³/mol. The molecule has 2 aliphatic heterocycles. The lowest BCUT2D eigenvalue weighted by Crippen LogP contribution is -2.45. The van der Waals surface area contributed by atoms with Crippen molar-refractivity contribution >= 4 is 22.9 Å². The van der Waals surface area contributed by atoms with Gasteiger partial charge in [-0.2, -0.15) is 0 Å². The Morgan fingerprint density at radius 3 is 2.68 bits per heavy atom. The van der Waals surface area contributed by atoms with Gasteiger partial charge in [-0.05, 0) is 44.5 Å². The second-order valence-electron chi connectivity index (χ2n) is 5.76. The number of rotatable bonds is 3. The molecule has 0 amide bonds. The molecule has 1 unspecified atom stereocenters. The summed E-state index contributed by atoms with van der Waals surface area (Å²) in [4.78, 5) is 6.58. The van der Waals surface area contributed by atoms with Gasteiger partial charge >= 0.3 is 0 Å². The Hall–Kier alpha value is -0.130. The van der Waals surface area contributed by atoms with Crippen LogP contribution in [0.4, 0.5) is 0 Å². The van der Waals surface area contributed by atoms with Crippen LogP contribution in [0.5, 0.6) is 0 Å². The van der Waals surface area contributed by atoms with E-state index in [0.717, 1.165) is 29.8 Å². The number of nitrogens with two attached hydrogens (primary N) is 1. The normalized spacial score (nSPS) is 27.2. The van der Waals surface area contributed by atoms with Gasteiger partial charge in [0.05, 0.1) is 4.34 Å². The van der Waals surface area contributed by atoms with Crippen molar-refractivity contribution in [3.05, 3.63) is 21.3 Å². The highest BCUT2D eigenvalue weighted by Crippen LogP contribution is 2.26. The standard InChI is InChI=1S/C14H22ClN3S/c15-14-2-1-13(19-14)10-17-6-5-12(9-17)18-7-3-11(16)4-8-18/h1-2,11-12H,3-10,16H2. The van der Waals surface area contributed by atoms with E-state index in [1.165, 1.54) is 37.5 Å². The molecular formula is C14H22ClN3S. The van der Waals surface area contributed by atoms with Crippen LogP contribution in [-0.2, 0) is 6.54 Å². The van der Waals surface area contributed by atoms with Crippen LogP contribution in [0.2, 0.25) is 4.34 Å². The largest absolute Gasteiger partial charge is 0.328 e. The molecule has 0 aromatic carbocycles. The smallest absolute Gasteiger partial charge is 0.0931 e. The van der Waals surface area contributed by atoms with E-state index in [1.54, 1.807) is 11.3 Å². The van der Waals surface area contributed by atoms with Gasteiger partial charge in [0, 0.05) is 36.6 Å². The zero-order valence-electron chi connectivity index (χ0n) is 11.2. The second kappa shape index (κ2) is 6.10. The zero-order chi connectivity index (χ0) is 13.2. The fourth-order valence-electron chi connectivity index (χ4n) is 3.20. The van der Waals surface area contributed by atoms with Crippen molar-refractivity contribution in [3.8, 4) is 0 Å². The number of piperidine rings is 1. The fraction of sp³-hybridized carbons (Fsp3) is 0.714. The van der Waals surface area contributed by atoms with Crippen LogP contribution in [0, 0.1) is 0 Å². The summed E-state index contributed by atoms with van der Waals surface area (Å²) < 4.78 is 0.899. The van der Waals surface area contributed by atoms with E-state index in [0.29, 0.717) is 6.04 Å². The van der Waals surface area contributed by atoms with Crippen molar-refractivity contribution in [2.45, 2.75) is 37.9 Å². The summed E-state index contributed by atoms with van der Waals surface area (Å²) in [6.45, 7) is 5.84. The maximum Gasteiger partial charge on any atom is 0.0931 e. The Bertz CT molecular complexity index is 415. The van der Waals surface area contributed by atoms with Crippen LogP contribution >= 0.6 is 22.9 Å². The lowest BCUT2D eigenvalue weighted by atomic mass is 10.0. The fourth-order valence-corrected chi connectivity index (χ4v) is 4.33. The van der Waals surface area contributed by atoms with Crippen LogP contribution in [0.25, 0.3) is 0 Å². The third-order valence-electron chi connectivity index (χ3n) is 4.35. The molecule has 0 bridgehead atoms. The third-order valence-corrected chi connectivity index (χ3v) is 5.56. The van der Waals surface area contributed by atoms with Crippen LogP contribution < -0.4 is 5.73 Å². The van der Waals surface area contributed by atoms with Crippen molar-refractivity contribution < 1.29 is 0 Å². The molecule has 2 saturated heterocycles. The minimum absolute atomic E-state index is 0.432. The first-order valence-corrected chi connectivity index (χ1v) is 8.36. The number of halogens is 1. The molecule has 0 saturated carbocycles. The molecule has 19 heavy (non-hydrogen) atoms. The van der Waals surface area contributed by atoms with E-state index >= 15 is 0 Å². The second-order valence-corrected chi connectivity index (χ2v) is 7.56. The van der Waals surface area contributed by atoms with Gasteiger partial charge in [-0.15, -0.1) is 11.3 Å². The highest BCUT2D eigenvalue weighted by molar-refractivity contribution is 7.16. The zero-order valence-corrected chi connectivity index (χ0v) is 12.8. The molecule has 2 aliphatic rings. The van der Waals surface area contributed by atoms with Crippen molar-refractivity contribution in [3.63, 3.8) is 0 Å². The molecule has 3 nitrogen and oxygen atoms in total. The van der Waals surface area contributed by atoms with Gasteiger partial charge in [0.25, 0.3) is 0 Å². The third kappa shape index (κ3) is 3.50. The Morgan fingerprint density at radius 2 is 2.00 bits per heavy atom. The summed E-state index contributed by atoms with van der Waals surface area (Å²) in [5.41, 5.74) is 5.98. The van der Waals surface area contributed by atoms with Gasteiger partial charge in [-0.3, -0.25) is 9.80 Å². The average Bonchev–Trinajstić information content (AvgIpc) is 3.00. The number of hydrogen-bond donors (Lipinski definition) is 1. The summed E-state index contributed by atoms with van der Waals surface area (Å²) in [5, 5.41) is 0. The molecule has 3 heterocycles. The van der Waals surface area contributed by atoms with Gasteiger partial charge in [0.1, 0.15) is 0 Å². The minimum atomic E-state index is 0.432. The molecule has 0 spiro atoms. The Labute approximate surface area is 124 Å². The van der Waals surface area contributed by atoms with E-state index in [9.17, 15) is 0 Å². The number of nitrogens with zero attached hydrogens (tertiary/aromatic N) is 2. The molecule has 0 radical (unpaired) electrons. The molecule has 1 atom stereocenters. The molecule has 3 rings (SSSR count). The first-order chi connectivity index (χ1) is 9.20. The van der Waals surface area contributed by atoms with Crippen LogP contribution in [0.3, 0.4) is 0 Å². The molecule has 2 fully saturated rings. The maximum absolute atomic E-state index is 5.99. The molecule has 0 aliphatic carbocycles. The molecule has 1 aromatic heterocycles. The summed E-state index contributed by atoms with van der Waals surface area (Å²) in [7, 11) is 0. The van der Waals surface area contributed by atoms with Crippen molar-refractivity contribution in [1.29, 1.82) is 0 Å². The lowest BCUT2D eigenvalue weighted by Gasteiger charge is -2.34. The molecular weight excluding hydrogens is 278 g/mol. The van der Waals surface area contributed by atoms with Crippen molar-refractivity contribution in [2.75, 3.05) is 26.2 Å². The molecule has 1 aromatic rings. The monoisotopic (exact) mass is 299 g/mol. The Kier molecular flexibility index (Phi) is 4.44. The SMILES string of the molecule is NC1CCN(C2CCN(Cc3ccc(Cl)s3)C2)CC1. The number of hydrogen-bond acceptors (Lipinski definition) is 4. The van der Waals surface area contributed by atoms with E-state index in [-0.39, 0.29) is 0 Å². The van der Waals surface area contributed by atoms with E-state index in [1.807, 2.05) is 6.07 Å². The number of likely N-dealkylation sites (tertiary alicyclic amines) is 2. The minimum Gasteiger partial charge on any atom is -0.328 e. The first kappa shape index (κ1) is 13.8. The first-order valence-electron chi connectivity index (χ1n) is 7.17.